The van der Waals surface area contributed by atoms with Gasteiger partial charge in [0.1, 0.15) is 4.92 Å². The first-order valence-electron chi connectivity index (χ1n) is 7.40. The summed E-state index contributed by atoms with van der Waals surface area (Å²) in [5.74, 6) is -1.33. The first-order chi connectivity index (χ1) is 11.1. The maximum atomic E-state index is 12.5. The van der Waals surface area contributed by atoms with E-state index in [0.717, 1.165) is 24.1 Å². The van der Waals surface area contributed by atoms with Crippen LogP contribution in [0.2, 0.25) is 0 Å². The zero-order valence-corrected chi connectivity index (χ0v) is 12.0. The lowest BCUT2D eigenvalue weighted by molar-refractivity contribution is -0.402. The summed E-state index contributed by atoms with van der Waals surface area (Å²) >= 11 is 0. The monoisotopic (exact) mass is 315 g/mol. The highest BCUT2D eigenvalue weighted by molar-refractivity contribution is 6.06. The Kier molecular flexibility index (Phi) is 2.93. The zero-order valence-electron chi connectivity index (χ0n) is 12.0. The number of furan rings is 1. The highest BCUT2D eigenvalue weighted by Crippen LogP contribution is 2.49. The topological polar surface area (TPSA) is 106 Å². The summed E-state index contributed by atoms with van der Waals surface area (Å²) in [7, 11) is 0. The second kappa shape index (κ2) is 4.87. The number of nitro groups is 1. The third kappa shape index (κ3) is 2.01. The summed E-state index contributed by atoms with van der Waals surface area (Å²) in [4.78, 5) is 34.9. The molecule has 1 aliphatic heterocycles. The number of nitrogens with zero attached hydrogens (tertiary/aromatic N) is 3. The predicted molar refractivity (Wildman–Crippen MR) is 77.1 cm³/mol. The molecule has 0 N–H and O–H groups in total. The largest absolute Gasteiger partial charge is 0.433 e. The fourth-order valence-corrected chi connectivity index (χ4v) is 3.80. The van der Waals surface area contributed by atoms with E-state index in [2.05, 4.69) is 5.10 Å². The number of hydrogen-bond acceptors (Lipinski definition) is 6. The number of allylic oxidation sites excluding steroid dienone is 2. The van der Waals surface area contributed by atoms with E-state index in [1.54, 1.807) is 0 Å². The van der Waals surface area contributed by atoms with E-state index in [1.165, 1.54) is 12.1 Å². The van der Waals surface area contributed by atoms with E-state index < -0.39 is 10.8 Å². The molecule has 0 unspecified atom stereocenters. The van der Waals surface area contributed by atoms with Crippen LogP contribution in [0, 0.1) is 33.8 Å². The summed E-state index contributed by atoms with van der Waals surface area (Å²) < 4.78 is 4.94. The van der Waals surface area contributed by atoms with Crippen LogP contribution < -0.4 is 0 Å². The van der Waals surface area contributed by atoms with E-state index in [1.807, 2.05) is 12.2 Å². The van der Waals surface area contributed by atoms with Crippen molar-refractivity contribution >= 4 is 23.9 Å². The van der Waals surface area contributed by atoms with Gasteiger partial charge in [-0.05, 0) is 30.7 Å². The van der Waals surface area contributed by atoms with Crippen LogP contribution in [0.3, 0.4) is 0 Å². The van der Waals surface area contributed by atoms with Gasteiger partial charge in [-0.15, -0.1) is 0 Å². The molecule has 118 valence electrons. The summed E-state index contributed by atoms with van der Waals surface area (Å²) in [5.41, 5.74) is 0. The second-order valence-corrected chi connectivity index (χ2v) is 6.01. The van der Waals surface area contributed by atoms with Crippen LogP contribution in [0.25, 0.3) is 0 Å². The van der Waals surface area contributed by atoms with Gasteiger partial charge in [0.15, 0.2) is 5.76 Å². The van der Waals surface area contributed by atoms with Gasteiger partial charge in [-0.1, -0.05) is 12.2 Å². The van der Waals surface area contributed by atoms with Crippen molar-refractivity contribution in [1.82, 2.24) is 5.01 Å². The molecule has 8 heteroatoms. The van der Waals surface area contributed by atoms with Crippen LogP contribution in [0.5, 0.6) is 0 Å². The molecule has 0 spiro atoms. The molecule has 1 saturated carbocycles. The maximum absolute atomic E-state index is 12.5. The van der Waals surface area contributed by atoms with Crippen molar-refractivity contribution in [1.29, 1.82) is 0 Å². The molecule has 4 atom stereocenters. The van der Waals surface area contributed by atoms with Crippen molar-refractivity contribution in [2.24, 2.45) is 28.8 Å². The predicted octanol–water partition coefficient (Wildman–Crippen LogP) is 1.72. The molecule has 8 nitrogen and oxygen atoms in total. The van der Waals surface area contributed by atoms with Crippen molar-refractivity contribution in [3.63, 3.8) is 0 Å². The Hall–Kier alpha value is -2.77. The number of carbonyl (C=O) groups excluding carboxylic acids is 2. The molecule has 1 aromatic heterocycles. The van der Waals surface area contributed by atoms with Gasteiger partial charge < -0.3 is 4.42 Å². The molecule has 3 aliphatic carbocycles. The number of carbonyl (C=O) groups is 2. The average Bonchev–Trinajstić information content (AvgIpc) is 3.13. The number of imide groups is 1. The number of rotatable bonds is 3. The SMILES string of the molecule is O=C1[C@@H]2[C@H](C(=O)N1/N=C\c1ccc([N+](=O)[O-])o1)[C@@H]1C=C[C@@H]2CC1. The lowest BCUT2D eigenvalue weighted by Gasteiger charge is -2.37. The molecule has 1 saturated heterocycles. The summed E-state index contributed by atoms with van der Waals surface area (Å²) in [5, 5.41) is 15.4. The van der Waals surface area contributed by atoms with Crippen LogP contribution in [0.15, 0.2) is 33.8 Å². The fraction of sp³-hybridized carbons (Fsp3) is 0.400. The minimum absolute atomic E-state index is 0.103. The molecule has 2 fully saturated rings. The van der Waals surface area contributed by atoms with Crippen molar-refractivity contribution in [3.05, 3.63) is 40.2 Å². The Morgan fingerprint density at radius 2 is 1.78 bits per heavy atom. The first-order valence-corrected chi connectivity index (χ1v) is 7.40. The highest BCUT2D eigenvalue weighted by atomic mass is 16.6. The van der Waals surface area contributed by atoms with Gasteiger partial charge in [-0.3, -0.25) is 19.7 Å². The Labute approximate surface area is 130 Å². The standard InChI is InChI=1S/C15H13N3O5/c19-14-12-8-1-2-9(4-3-8)13(12)15(20)17(14)16-7-10-5-6-11(23-10)18(21)22/h1-2,5-9,12-13H,3-4H2/b16-7-/t8-,9-,12-,13+/m1/s1. The number of amides is 2. The van der Waals surface area contributed by atoms with Crippen LogP contribution in [0.4, 0.5) is 5.88 Å². The summed E-state index contributed by atoms with van der Waals surface area (Å²) in [6.45, 7) is 0. The van der Waals surface area contributed by atoms with Crippen molar-refractivity contribution < 1.29 is 18.9 Å². The van der Waals surface area contributed by atoms with Crippen LogP contribution in [0.1, 0.15) is 18.6 Å². The van der Waals surface area contributed by atoms with E-state index in [4.69, 9.17) is 4.42 Å². The van der Waals surface area contributed by atoms with Crippen LogP contribution >= 0.6 is 0 Å². The quantitative estimate of drug-likeness (QED) is 0.277. The highest BCUT2D eigenvalue weighted by Gasteiger charge is 2.56. The molecule has 5 rings (SSSR count). The number of hydrogen-bond donors (Lipinski definition) is 0. The van der Waals surface area contributed by atoms with Gasteiger partial charge in [-0.2, -0.15) is 10.1 Å². The summed E-state index contributed by atoms with van der Waals surface area (Å²) in [6.07, 6.45) is 7.06. The van der Waals surface area contributed by atoms with Crippen molar-refractivity contribution in [3.8, 4) is 0 Å². The second-order valence-electron chi connectivity index (χ2n) is 6.01. The van der Waals surface area contributed by atoms with Gasteiger partial charge in [0.25, 0.3) is 11.8 Å². The van der Waals surface area contributed by atoms with Crippen LogP contribution in [-0.4, -0.2) is 28.0 Å². The zero-order chi connectivity index (χ0) is 16.1. The summed E-state index contributed by atoms with van der Waals surface area (Å²) in [6, 6.07) is 2.56. The van der Waals surface area contributed by atoms with Gasteiger partial charge >= 0.3 is 5.88 Å². The van der Waals surface area contributed by atoms with E-state index >= 15 is 0 Å². The molecule has 2 amide bonds. The van der Waals surface area contributed by atoms with E-state index in [0.29, 0.717) is 0 Å². The van der Waals surface area contributed by atoms with Gasteiger partial charge in [-0.25, -0.2) is 0 Å². The van der Waals surface area contributed by atoms with Crippen molar-refractivity contribution in [2.75, 3.05) is 0 Å². The third-order valence-electron chi connectivity index (χ3n) is 4.83. The smallest absolute Gasteiger partial charge is 0.400 e. The number of hydrazone groups is 1. The molecule has 1 aromatic rings. The Bertz CT molecular complexity index is 733. The normalized spacial score (nSPS) is 32.1. The lowest BCUT2D eigenvalue weighted by atomic mass is 9.63. The van der Waals surface area contributed by atoms with Crippen molar-refractivity contribution in [2.45, 2.75) is 12.8 Å². The van der Waals surface area contributed by atoms with Crippen LogP contribution in [-0.2, 0) is 9.59 Å². The third-order valence-corrected chi connectivity index (χ3v) is 4.83. The fourth-order valence-electron chi connectivity index (χ4n) is 3.80. The lowest BCUT2D eigenvalue weighted by Crippen LogP contribution is -2.38. The molecular formula is C15H13N3O5. The Morgan fingerprint density at radius 3 is 2.26 bits per heavy atom. The van der Waals surface area contributed by atoms with E-state index in [9.17, 15) is 19.7 Å². The number of fused-ring (bicyclic) bond motifs is 1. The van der Waals surface area contributed by atoms with E-state index in [-0.39, 0.29) is 41.2 Å². The van der Waals surface area contributed by atoms with Gasteiger partial charge in [0, 0.05) is 0 Å². The first kappa shape index (κ1) is 13.9. The minimum Gasteiger partial charge on any atom is -0.400 e. The molecule has 4 aliphatic rings. The van der Waals surface area contributed by atoms with Gasteiger partial charge in [0.2, 0.25) is 0 Å². The maximum Gasteiger partial charge on any atom is 0.433 e. The molecule has 2 heterocycles. The van der Waals surface area contributed by atoms with Gasteiger partial charge in [0.05, 0.1) is 24.1 Å². The molecule has 0 radical (unpaired) electrons. The molecular weight excluding hydrogens is 302 g/mol. The minimum atomic E-state index is -0.665. The average molecular weight is 315 g/mol. The Morgan fingerprint density at radius 1 is 1.17 bits per heavy atom. The molecule has 2 bridgehead atoms. The molecule has 23 heavy (non-hydrogen) atoms. The molecule has 0 aromatic carbocycles. The Balaban J connectivity index is 1.58.